The summed E-state index contributed by atoms with van der Waals surface area (Å²) in [6.07, 6.45) is 2.00. The third-order valence-corrected chi connectivity index (χ3v) is 5.76. The monoisotopic (exact) mass is 402 g/mol. The number of nitro groups is 1. The van der Waals surface area contributed by atoms with Crippen LogP contribution in [0.5, 0.6) is 5.75 Å². The molecule has 3 aromatic rings. The molecule has 0 spiro atoms. The second-order valence-corrected chi connectivity index (χ2v) is 7.75. The smallest absolute Gasteiger partial charge is 0.269 e. The second kappa shape index (κ2) is 9.55. The molecule has 1 aliphatic heterocycles. The van der Waals surface area contributed by atoms with Crippen molar-refractivity contribution in [3.8, 4) is 5.75 Å². The summed E-state index contributed by atoms with van der Waals surface area (Å²) < 4.78 is 6.32. The molecular formula is C25H26N2O3. The van der Waals surface area contributed by atoms with E-state index in [9.17, 15) is 10.1 Å². The molecule has 0 unspecified atom stereocenters. The summed E-state index contributed by atoms with van der Waals surface area (Å²) in [5, 5.41) is 10.9. The fraction of sp³-hybridized carbons (Fsp3) is 0.280. The van der Waals surface area contributed by atoms with Gasteiger partial charge in [-0.25, -0.2) is 0 Å². The number of hydrogen-bond acceptors (Lipinski definition) is 4. The molecule has 0 aromatic heterocycles. The maximum absolute atomic E-state index is 10.9. The highest BCUT2D eigenvalue weighted by atomic mass is 16.6. The number of rotatable bonds is 7. The lowest BCUT2D eigenvalue weighted by molar-refractivity contribution is -0.384. The van der Waals surface area contributed by atoms with Crippen LogP contribution in [-0.2, 0) is 6.42 Å². The fourth-order valence-corrected chi connectivity index (χ4v) is 4.12. The van der Waals surface area contributed by atoms with Crippen LogP contribution in [0.4, 0.5) is 5.69 Å². The molecule has 1 heterocycles. The van der Waals surface area contributed by atoms with Gasteiger partial charge in [0.15, 0.2) is 0 Å². The number of nitrogens with zero attached hydrogens (tertiary/aromatic N) is 2. The highest BCUT2D eigenvalue weighted by molar-refractivity contribution is 5.36. The first-order chi connectivity index (χ1) is 14.7. The van der Waals surface area contributed by atoms with Gasteiger partial charge in [-0.15, -0.1) is 0 Å². The average molecular weight is 402 g/mol. The third kappa shape index (κ3) is 5.05. The Bertz CT molecular complexity index is 945. The van der Waals surface area contributed by atoms with Crippen molar-refractivity contribution in [2.75, 3.05) is 19.6 Å². The zero-order valence-electron chi connectivity index (χ0n) is 16.9. The normalized spacial score (nSPS) is 19.3. The zero-order valence-corrected chi connectivity index (χ0v) is 16.9. The third-order valence-electron chi connectivity index (χ3n) is 5.76. The number of hydrogen-bond donors (Lipinski definition) is 0. The molecule has 0 N–H and O–H groups in total. The molecule has 30 heavy (non-hydrogen) atoms. The van der Waals surface area contributed by atoms with Gasteiger partial charge in [0, 0.05) is 37.7 Å². The van der Waals surface area contributed by atoms with Crippen molar-refractivity contribution in [1.82, 2.24) is 4.90 Å². The largest absolute Gasteiger partial charge is 0.490 e. The van der Waals surface area contributed by atoms with Gasteiger partial charge in [0.1, 0.15) is 11.9 Å². The summed E-state index contributed by atoms with van der Waals surface area (Å²) in [5.41, 5.74) is 2.71. The Morgan fingerprint density at radius 1 is 0.933 bits per heavy atom. The standard InChI is InChI=1S/C25H26N2O3/c28-27(29)22-11-13-23(14-12-22)30-25-16-18-26(17-15-20-7-3-1-4-8-20)19-24(25)21-9-5-2-6-10-21/h1-14,24-25H,15-19H2/t24-,25+/m0/s1. The lowest BCUT2D eigenvalue weighted by atomic mass is 9.87. The molecule has 154 valence electrons. The Hall–Kier alpha value is -3.18. The van der Waals surface area contributed by atoms with E-state index >= 15 is 0 Å². The van der Waals surface area contributed by atoms with Crippen LogP contribution < -0.4 is 4.74 Å². The van der Waals surface area contributed by atoms with Gasteiger partial charge in [-0.2, -0.15) is 0 Å². The van der Waals surface area contributed by atoms with Crippen molar-refractivity contribution in [3.05, 3.63) is 106 Å². The van der Waals surface area contributed by atoms with Crippen LogP contribution >= 0.6 is 0 Å². The number of likely N-dealkylation sites (tertiary alicyclic amines) is 1. The van der Waals surface area contributed by atoms with Crippen molar-refractivity contribution < 1.29 is 9.66 Å². The van der Waals surface area contributed by atoms with Crippen LogP contribution in [0.15, 0.2) is 84.9 Å². The average Bonchev–Trinajstić information content (AvgIpc) is 2.80. The van der Waals surface area contributed by atoms with Gasteiger partial charge in [-0.3, -0.25) is 10.1 Å². The number of ether oxygens (including phenoxy) is 1. The molecule has 1 saturated heterocycles. The van der Waals surface area contributed by atoms with Crippen molar-refractivity contribution in [2.24, 2.45) is 0 Å². The minimum absolute atomic E-state index is 0.0434. The summed E-state index contributed by atoms with van der Waals surface area (Å²) in [6, 6.07) is 27.5. The molecular weight excluding hydrogens is 376 g/mol. The number of piperidine rings is 1. The van der Waals surface area contributed by atoms with E-state index in [1.807, 2.05) is 6.07 Å². The van der Waals surface area contributed by atoms with E-state index in [-0.39, 0.29) is 22.6 Å². The van der Waals surface area contributed by atoms with Crippen molar-refractivity contribution in [1.29, 1.82) is 0 Å². The highest BCUT2D eigenvalue weighted by Gasteiger charge is 2.32. The Kier molecular flexibility index (Phi) is 6.40. The van der Waals surface area contributed by atoms with E-state index in [0.29, 0.717) is 5.75 Å². The van der Waals surface area contributed by atoms with Gasteiger partial charge in [-0.1, -0.05) is 60.7 Å². The fourth-order valence-electron chi connectivity index (χ4n) is 4.12. The van der Waals surface area contributed by atoms with E-state index in [1.165, 1.54) is 23.3 Å². The first-order valence-electron chi connectivity index (χ1n) is 10.4. The lowest BCUT2D eigenvalue weighted by Crippen LogP contribution is -2.44. The Morgan fingerprint density at radius 3 is 2.27 bits per heavy atom. The number of non-ortho nitro benzene ring substituents is 1. The maximum atomic E-state index is 10.9. The van der Waals surface area contributed by atoms with Crippen LogP contribution in [0.2, 0.25) is 0 Å². The van der Waals surface area contributed by atoms with E-state index in [4.69, 9.17) is 4.74 Å². The van der Waals surface area contributed by atoms with Crippen molar-refractivity contribution >= 4 is 5.69 Å². The summed E-state index contributed by atoms with van der Waals surface area (Å²) >= 11 is 0. The summed E-state index contributed by atoms with van der Waals surface area (Å²) in [7, 11) is 0. The Labute approximate surface area is 177 Å². The number of nitro benzene ring substituents is 1. The molecule has 0 amide bonds. The highest BCUT2D eigenvalue weighted by Crippen LogP contribution is 2.31. The maximum Gasteiger partial charge on any atom is 0.269 e. The molecule has 0 radical (unpaired) electrons. The van der Waals surface area contributed by atoms with E-state index in [0.717, 1.165) is 32.5 Å². The summed E-state index contributed by atoms with van der Waals surface area (Å²) in [6.45, 7) is 2.94. The molecule has 0 aliphatic carbocycles. The van der Waals surface area contributed by atoms with Crippen LogP contribution in [0.25, 0.3) is 0 Å². The van der Waals surface area contributed by atoms with Gasteiger partial charge < -0.3 is 9.64 Å². The molecule has 3 aromatic carbocycles. The summed E-state index contributed by atoms with van der Waals surface area (Å²) in [4.78, 5) is 13.0. The number of benzene rings is 3. The first-order valence-corrected chi connectivity index (χ1v) is 10.4. The predicted octanol–water partition coefficient (Wildman–Crippen LogP) is 5.07. The van der Waals surface area contributed by atoms with Crippen LogP contribution in [-0.4, -0.2) is 35.6 Å². The first kappa shape index (κ1) is 20.1. The van der Waals surface area contributed by atoms with E-state index in [1.54, 1.807) is 12.1 Å². The Morgan fingerprint density at radius 2 is 1.60 bits per heavy atom. The molecule has 0 saturated carbocycles. The van der Waals surface area contributed by atoms with Gasteiger partial charge in [0.05, 0.1) is 4.92 Å². The van der Waals surface area contributed by atoms with Gasteiger partial charge in [-0.05, 0) is 36.1 Å². The molecule has 5 heteroatoms. The van der Waals surface area contributed by atoms with Crippen molar-refractivity contribution in [2.45, 2.75) is 24.9 Å². The van der Waals surface area contributed by atoms with Crippen molar-refractivity contribution in [3.63, 3.8) is 0 Å². The van der Waals surface area contributed by atoms with Gasteiger partial charge >= 0.3 is 0 Å². The lowest BCUT2D eigenvalue weighted by Gasteiger charge is -2.39. The Balaban J connectivity index is 1.45. The summed E-state index contributed by atoms with van der Waals surface area (Å²) in [5.74, 6) is 0.940. The van der Waals surface area contributed by atoms with E-state index < -0.39 is 0 Å². The minimum Gasteiger partial charge on any atom is -0.490 e. The molecule has 1 fully saturated rings. The SMILES string of the molecule is O=[N+]([O-])c1ccc(O[C@@H]2CCN(CCc3ccccc3)C[C@H]2c2ccccc2)cc1. The predicted molar refractivity (Wildman–Crippen MR) is 118 cm³/mol. The molecule has 0 bridgehead atoms. The van der Waals surface area contributed by atoms with E-state index in [2.05, 4.69) is 59.5 Å². The quantitative estimate of drug-likeness (QED) is 0.409. The van der Waals surface area contributed by atoms with Gasteiger partial charge in [0.25, 0.3) is 5.69 Å². The van der Waals surface area contributed by atoms with Crippen LogP contribution in [0.1, 0.15) is 23.5 Å². The minimum atomic E-state index is -0.387. The topological polar surface area (TPSA) is 55.6 Å². The molecule has 2 atom stereocenters. The zero-order chi connectivity index (χ0) is 20.8. The molecule has 1 aliphatic rings. The second-order valence-electron chi connectivity index (χ2n) is 7.75. The molecule has 4 rings (SSSR count). The van der Waals surface area contributed by atoms with Crippen LogP contribution in [0.3, 0.4) is 0 Å². The van der Waals surface area contributed by atoms with Crippen LogP contribution in [0, 0.1) is 10.1 Å². The van der Waals surface area contributed by atoms with Gasteiger partial charge in [0.2, 0.25) is 0 Å². The molecule has 5 nitrogen and oxygen atoms in total.